The van der Waals surface area contributed by atoms with Gasteiger partial charge in [-0.05, 0) is 30.7 Å². The average Bonchev–Trinajstić information content (AvgIpc) is 3.52. The normalized spacial score (nSPS) is 24.9. The number of hydrogen-bond donors (Lipinski definition) is 0. The molecule has 34 heavy (non-hydrogen) atoms. The van der Waals surface area contributed by atoms with Crippen LogP contribution in [0.25, 0.3) is 0 Å². The highest BCUT2D eigenvalue weighted by Gasteiger charge is 2.61. The Morgan fingerprint density at radius 2 is 1.44 bits per heavy atom. The lowest BCUT2D eigenvalue weighted by molar-refractivity contribution is -0.124. The molecular formula is C28H37NO4S. The van der Waals surface area contributed by atoms with Crippen molar-refractivity contribution in [3.05, 3.63) is 35.4 Å². The third kappa shape index (κ3) is 5.03. The number of amides is 2. The highest BCUT2D eigenvalue weighted by Crippen LogP contribution is 2.48. The van der Waals surface area contributed by atoms with Crippen LogP contribution in [0.15, 0.2) is 29.2 Å². The van der Waals surface area contributed by atoms with Crippen molar-refractivity contribution in [3.63, 3.8) is 0 Å². The molecule has 6 heteroatoms. The second-order valence-corrected chi connectivity index (χ2v) is 10.9. The number of carbonyl (C=O) groups excluding carboxylic acids is 3. The molecule has 184 valence electrons. The molecule has 4 atom stereocenters. The third-order valence-electron chi connectivity index (χ3n) is 7.41. The van der Waals surface area contributed by atoms with E-state index < -0.39 is 11.8 Å². The molecule has 2 amide bonds. The van der Waals surface area contributed by atoms with Gasteiger partial charge in [0, 0.05) is 10.5 Å². The molecule has 0 saturated carbocycles. The molecule has 5 nitrogen and oxygen atoms in total. The minimum absolute atomic E-state index is 0.201. The van der Waals surface area contributed by atoms with Gasteiger partial charge in [0.2, 0.25) is 11.8 Å². The van der Waals surface area contributed by atoms with E-state index in [9.17, 15) is 14.4 Å². The number of ether oxygens (including phenoxy) is 1. The zero-order valence-corrected chi connectivity index (χ0v) is 21.3. The molecule has 0 spiro atoms. The van der Waals surface area contributed by atoms with Crippen molar-refractivity contribution in [2.45, 2.75) is 95.2 Å². The van der Waals surface area contributed by atoms with Crippen molar-refractivity contribution >= 4 is 35.5 Å². The molecule has 4 unspecified atom stereocenters. The number of unbranched alkanes of at least 4 members (excludes halogenated alkanes) is 9. The van der Waals surface area contributed by atoms with Crippen molar-refractivity contribution in [1.29, 1.82) is 0 Å². The van der Waals surface area contributed by atoms with E-state index in [-0.39, 0.29) is 24.0 Å². The van der Waals surface area contributed by atoms with Gasteiger partial charge in [0.15, 0.2) is 6.29 Å². The first-order valence-electron chi connectivity index (χ1n) is 13.0. The number of carbonyl (C=O) groups is 3. The average molecular weight is 484 g/mol. The third-order valence-corrected chi connectivity index (χ3v) is 8.62. The minimum Gasteiger partial charge on any atom is -0.365 e. The van der Waals surface area contributed by atoms with E-state index in [0.29, 0.717) is 11.3 Å². The second kappa shape index (κ2) is 11.7. The molecule has 0 N–H and O–H groups in total. The lowest BCUT2D eigenvalue weighted by Crippen LogP contribution is -2.35. The Balaban J connectivity index is 1.35. The lowest BCUT2D eigenvalue weighted by atomic mass is 9.85. The first-order valence-corrected chi connectivity index (χ1v) is 14.0. The summed E-state index contributed by atoms with van der Waals surface area (Å²) in [5.74, 6) is -0.416. The van der Waals surface area contributed by atoms with Crippen LogP contribution in [0.5, 0.6) is 0 Å². The van der Waals surface area contributed by atoms with Gasteiger partial charge in [0.05, 0.1) is 29.7 Å². The Labute approximate surface area is 207 Å². The largest absolute Gasteiger partial charge is 0.365 e. The fourth-order valence-corrected chi connectivity index (χ4v) is 6.69. The number of nitrogens with zero attached hydrogens (tertiary/aromatic N) is 1. The Morgan fingerprint density at radius 1 is 0.882 bits per heavy atom. The number of aryl methyl sites for hydroxylation is 1. The van der Waals surface area contributed by atoms with Crippen LogP contribution < -0.4 is 4.90 Å². The number of aldehydes is 1. The number of thioether (sulfide) groups is 1. The summed E-state index contributed by atoms with van der Waals surface area (Å²) in [5, 5.41) is 0. The number of fused-ring (bicyclic) bond motifs is 5. The fraction of sp³-hybridized carbons (Fsp3) is 0.607. The standard InChI is InChI=1S/C28H37NO4S/c1-3-4-5-6-7-8-9-10-11-12-17-34-26-20(18-30)19(2)13-14-21(26)29-27(31)24-22-15-16-23(33-22)25(24)28(29)32/h13-16,18,22-25H,3-12,17H2,1-2H3. The molecule has 2 saturated heterocycles. The van der Waals surface area contributed by atoms with E-state index in [0.717, 1.165) is 35.3 Å². The summed E-state index contributed by atoms with van der Waals surface area (Å²) in [7, 11) is 0. The molecule has 0 radical (unpaired) electrons. The quantitative estimate of drug-likeness (QED) is 0.103. The molecule has 1 aromatic rings. The van der Waals surface area contributed by atoms with Crippen molar-refractivity contribution in [1.82, 2.24) is 0 Å². The van der Waals surface area contributed by atoms with Gasteiger partial charge < -0.3 is 4.74 Å². The maximum Gasteiger partial charge on any atom is 0.240 e. The molecule has 2 bridgehead atoms. The fourth-order valence-electron chi connectivity index (χ4n) is 5.47. The van der Waals surface area contributed by atoms with E-state index in [4.69, 9.17) is 4.74 Å². The first-order chi connectivity index (χ1) is 16.6. The molecule has 3 heterocycles. The van der Waals surface area contributed by atoms with Crippen LogP contribution in [0, 0.1) is 18.8 Å². The lowest BCUT2D eigenvalue weighted by Gasteiger charge is -2.22. The summed E-state index contributed by atoms with van der Waals surface area (Å²) in [6, 6.07) is 3.66. The summed E-state index contributed by atoms with van der Waals surface area (Å²) in [5.41, 5.74) is 2.02. The van der Waals surface area contributed by atoms with Gasteiger partial charge in [-0.15, -0.1) is 11.8 Å². The monoisotopic (exact) mass is 483 g/mol. The molecule has 0 aromatic heterocycles. The molecule has 2 fully saturated rings. The van der Waals surface area contributed by atoms with Crippen molar-refractivity contribution in [2.75, 3.05) is 10.7 Å². The Hall–Kier alpha value is -1.92. The summed E-state index contributed by atoms with van der Waals surface area (Å²) in [6.07, 6.45) is 16.8. The topological polar surface area (TPSA) is 63.7 Å². The second-order valence-electron chi connectivity index (χ2n) is 9.81. The van der Waals surface area contributed by atoms with Crippen molar-refractivity contribution in [3.8, 4) is 0 Å². The highest BCUT2D eigenvalue weighted by molar-refractivity contribution is 7.99. The van der Waals surface area contributed by atoms with Crippen LogP contribution in [-0.4, -0.2) is 36.1 Å². The maximum absolute atomic E-state index is 13.3. The number of anilines is 1. The van der Waals surface area contributed by atoms with Crippen LogP contribution in [-0.2, 0) is 14.3 Å². The van der Waals surface area contributed by atoms with Crippen LogP contribution >= 0.6 is 11.8 Å². The van der Waals surface area contributed by atoms with Crippen LogP contribution in [0.3, 0.4) is 0 Å². The predicted molar refractivity (Wildman–Crippen MR) is 136 cm³/mol. The highest BCUT2D eigenvalue weighted by atomic mass is 32.2. The van der Waals surface area contributed by atoms with Gasteiger partial charge in [-0.25, -0.2) is 4.90 Å². The number of rotatable bonds is 14. The number of benzene rings is 1. The van der Waals surface area contributed by atoms with Gasteiger partial charge in [-0.1, -0.05) is 82.9 Å². The SMILES string of the molecule is CCCCCCCCCCCCSc1c(N2C(=O)C3C4C=CC(O4)C3C2=O)ccc(C)c1C=O. The first kappa shape index (κ1) is 25.2. The zero-order chi connectivity index (χ0) is 24.1. The summed E-state index contributed by atoms with van der Waals surface area (Å²) in [6.45, 7) is 4.15. The molecule has 0 aliphatic carbocycles. The van der Waals surface area contributed by atoms with Gasteiger partial charge in [-0.2, -0.15) is 0 Å². The summed E-state index contributed by atoms with van der Waals surface area (Å²) < 4.78 is 5.76. The van der Waals surface area contributed by atoms with Gasteiger partial charge >= 0.3 is 0 Å². The Morgan fingerprint density at radius 3 is 2.00 bits per heavy atom. The van der Waals surface area contributed by atoms with Gasteiger partial charge in [0.1, 0.15) is 0 Å². The van der Waals surface area contributed by atoms with Crippen LogP contribution in [0.2, 0.25) is 0 Å². The van der Waals surface area contributed by atoms with E-state index in [1.54, 1.807) is 11.8 Å². The Bertz CT molecular complexity index is 913. The molecule has 3 aliphatic heterocycles. The van der Waals surface area contributed by atoms with Crippen molar-refractivity contribution in [2.24, 2.45) is 11.8 Å². The van der Waals surface area contributed by atoms with E-state index in [2.05, 4.69) is 6.92 Å². The maximum atomic E-state index is 13.3. The molecule has 4 rings (SSSR count). The minimum atomic E-state index is -0.441. The van der Waals surface area contributed by atoms with Crippen LogP contribution in [0.4, 0.5) is 5.69 Å². The molecule has 1 aromatic carbocycles. The molecule has 3 aliphatic rings. The van der Waals surface area contributed by atoms with Crippen molar-refractivity contribution < 1.29 is 19.1 Å². The number of hydrogen-bond acceptors (Lipinski definition) is 5. The van der Waals surface area contributed by atoms with Gasteiger partial charge in [0.25, 0.3) is 0 Å². The zero-order valence-electron chi connectivity index (χ0n) is 20.5. The summed E-state index contributed by atoms with van der Waals surface area (Å²) >= 11 is 1.60. The number of imide groups is 1. The Kier molecular flexibility index (Phi) is 8.65. The van der Waals surface area contributed by atoms with Crippen LogP contribution in [0.1, 0.15) is 87.1 Å². The van der Waals surface area contributed by atoms with E-state index >= 15 is 0 Å². The smallest absolute Gasteiger partial charge is 0.240 e. The van der Waals surface area contributed by atoms with E-state index in [1.807, 2.05) is 31.2 Å². The summed E-state index contributed by atoms with van der Waals surface area (Å²) in [4.78, 5) is 40.6. The van der Waals surface area contributed by atoms with Gasteiger partial charge in [-0.3, -0.25) is 14.4 Å². The predicted octanol–water partition coefficient (Wildman–Crippen LogP) is 6.26. The van der Waals surface area contributed by atoms with E-state index in [1.165, 1.54) is 56.3 Å². The molecular weight excluding hydrogens is 446 g/mol.